The van der Waals surface area contributed by atoms with Crippen LogP contribution in [-0.4, -0.2) is 48.4 Å². The van der Waals surface area contributed by atoms with Gasteiger partial charge in [0.05, 0.1) is 19.2 Å². The number of nitrogens with zero attached hydrogens (tertiary/aromatic N) is 2. The fourth-order valence-electron chi connectivity index (χ4n) is 1.54. The van der Waals surface area contributed by atoms with E-state index in [0.717, 1.165) is 0 Å². The smallest absolute Gasteiger partial charge is 0.235 e. The minimum Gasteiger partial charge on any atom is -0.353 e. The summed E-state index contributed by atoms with van der Waals surface area (Å²) in [4.78, 5) is 25.1. The molecular formula is C14H26N4O2. The highest BCUT2D eigenvalue weighted by Gasteiger charge is 2.30. The molecule has 0 aromatic carbocycles. The molecule has 2 amide bonds. The minimum absolute atomic E-state index is 0.00555. The molecule has 0 saturated carbocycles. The summed E-state index contributed by atoms with van der Waals surface area (Å²) in [7, 11) is 1.69. The standard InChI is InChI=1S/C14H26N4O2/c1-10(2)14(5,9-15)17-13(20)8-18(6)7-12(19)16-11(3)4/h10-11H,7-8H2,1-6H3,(H,16,19)(H,17,20)/t14-/m0/s1. The Kier molecular flexibility index (Phi) is 7.22. The second-order valence-corrected chi connectivity index (χ2v) is 5.91. The van der Waals surface area contributed by atoms with Gasteiger partial charge in [0.2, 0.25) is 11.8 Å². The van der Waals surface area contributed by atoms with Crippen LogP contribution in [0.4, 0.5) is 0 Å². The molecule has 0 aliphatic rings. The van der Waals surface area contributed by atoms with E-state index in [1.165, 1.54) is 0 Å². The first-order valence-corrected chi connectivity index (χ1v) is 6.81. The Bertz CT molecular complexity index is 387. The lowest BCUT2D eigenvalue weighted by Crippen LogP contribution is -2.52. The first kappa shape index (κ1) is 18.4. The maximum absolute atomic E-state index is 11.9. The third-order valence-electron chi connectivity index (χ3n) is 3.06. The fraction of sp³-hybridized carbons (Fsp3) is 0.786. The van der Waals surface area contributed by atoms with Crippen LogP contribution in [0, 0.1) is 17.2 Å². The van der Waals surface area contributed by atoms with Crippen LogP contribution >= 0.6 is 0 Å². The molecule has 2 N–H and O–H groups in total. The third kappa shape index (κ3) is 6.53. The number of likely N-dealkylation sites (N-methyl/N-ethyl adjacent to an activating group) is 1. The van der Waals surface area contributed by atoms with E-state index in [9.17, 15) is 9.59 Å². The summed E-state index contributed by atoms with van der Waals surface area (Å²) in [6.07, 6.45) is 0. The van der Waals surface area contributed by atoms with Crippen molar-refractivity contribution in [2.45, 2.75) is 46.2 Å². The molecule has 0 saturated heterocycles. The van der Waals surface area contributed by atoms with E-state index < -0.39 is 5.54 Å². The van der Waals surface area contributed by atoms with Gasteiger partial charge >= 0.3 is 0 Å². The number of rotatable bonds is 7. The number of hydrogen-bond acceptors (Lipinski definition) is 4. The molecule has 6 heteroatoms. The SMILES string of the molecule is CC(C)NC(=O)CN(C)CC(=O)N[C@@](C)(C#N)C(C)C. The summed E-state index contributed by atoms with van der Waals surface area (Å²) in [6.45, 7) is 9.44. The van der Waals surface area contributed by atoms with Crippen molar-refractivity contribution < 1.29 is 9.59 Å². The van der Waals surface area contributed by atoms with E-state index in [-0.39, 0.29) is 36.9 Å². The zero-order valence-corrected chi connectivity index (χ0v) is 13.3. The molecule has 0 rings (SSSR count). The molecule has 0 spiro atoms. The number of hydrogen-bond donors (Lipinski definition) is 2. The van der Waals surface area contributed by atoms with Gasteiger partial charge in [-0.1, -0.05) is 13.8 Å². The number of carbonyl (C=O) groups excluding carboxylic acids is 2. The Labute approximate surface area is 121 Å². The second kappa shape index (κ2) is 7.85. The van der Waals surface area contributed by atoms with E-state index >= 15 is 0 Å². The summed E-state index contributed by atoms with van der Waals surface area (Å²) in [6, 6.07) is 2.20. The zero-order chi connectivity index (χ0) is 15.9. The summed E-state index contributed by atoms with van der Waals surface area (Å²) in [5.41, 5.74) is -0.891. The Hall–Kier alpha value is -1.61. The molecule has 0 radical (unpaired) electrons. The lowest BCUT2D eigenvalue weighted by molar-refractivity contribution is -0.125. The molecule has 0 aromatic heterocycles. The highest BCUT2D eigenvalue weighted by molar-refractivity contribution is 5.81. The van der Waals surface area contributed by atoms with Gasteiger partial charge in [0, 0.05) is 6.04 Å². The van der Waals surface area contributed by atoms with E-state index in [2.05, 4.69) is 16.7 Å². The molecule has 0 aromatic rings. The predicted octanol–water partition coefficient (Wildman–Crippen LogP) is 0.497. The van der Waals surface area contributed by atoms with Crippen LogP contribution in [0.2, 0.25) is 0 Å². The number of amides is 2. The van der Waals surface area contributed by atoms with Crippen molar-refractivity contribution in [2.24, 2.45) is 5.92 Å². The van der Waals surface area contributed by atoms with Crippen molar-refractivity contribution in [1.29, 1.82) is 5.26 Å². The van der Waals surface area contributed by atoms with Gasteiger partial charge in [0.1, 0.15) is 5.54 Å². The summed E-state index contributed by atoms with van der Waals surface area (Å²) in [5, 5.41) is 14.6. The van der Waals surface area contributed by atoms with Crippen LogP contribution in [0.3, 0.4) is 0 Å². The first-order valence-electron chi connectivity index (χ1n) is 6.81. The Balaban J connectivity index is 4.34. The van der Waals surface area contributed by atoms with Gasteiger partial charge in [0.25, 0.3) is 0 Å². The van der Waals surface area contributed by atoms with Crippen LogP contribution < -0.4 is 10.6 Å². The van der Waals surface area contributed by atoms with E-state index in [1.54, 1.807) is 18.9 Å². The van der Waals surface area contributed by atoms with Crippen molar-refractivity contribution in [3.63, 3.8) is 0 Å². The summed E-state index contributed by atoms with van der Waals surface area (Å²) in [5.74, 6) is -0.379. The maximum Gasteiger partial charge on any atom is 0.235 e. The van der Waals surface area contributed by atoms with Gasteiger partial charge in [-0.25, -0.2) is 0 Å². The summed E-state index contributed by atoms with van der Waals surface area (Å²) < 4.78 is 0. The van der Waals surface area contributed by atoms with Crippen molar-refractivity contribution >= 4 is 11.8 Å². The summed E-state index contributed by atoms with van der Waals surface area (Å²) >= 11 is 0. The lowest BCUT2D eigenvalue weighted by atomic mass is 9.90. The van der Waals surface area contributed by atoms with E-state index in [1.807, 2.05) is 27.7 Å². The Morgan fingerprint density at radius 1 is 1.20 bits per heavy atom. The predicted molar refractivity (Wildman–Crippen MR) is 77.8 cm³/mol. The maximum atomic E-state index is 11.9. The van der Waals surface area contributed by atoms with Gasteiger partial charge in [-0.05, 0) is 33.7 Å². The third-order valence-corrected chi connectivity index (χ3v) is 3.06. The second-order valence-electron chi connectivity index (χ2n) is 5.91. The number of nitriles is 1. The number of carbonyl (C=O) groups is 2. The molecule has 114 valence electrons. The molecule has 0 heterocycles. The fourth-order valence-corrected chi connectivity index (χ4v) is 1.54. The van der Waals surface area contributed by atoms with Gasteiger partial charge in [-0.3, -0.25) is 14.5 Å². The van der Waals surface area contributed by atoms with Gasteiger partial charge < -0.3 is 10.6 Å². The molecule has 0 aliphatic carbocycles. The van der Waals surface area contributed by atoms with Crippen LogP contribution in [0.5, 0.6) is 0 Å². The first-order chi connectivity index (χ1) is 9.10. The Morgan fingerprint density at radius 2 is 1.70 bits per heavy atom. The van der Waals surface area contributed by atoms with E-state index in [0.29, 0.717) is 0 Å². The van der Waals surface area contributed by atoms with Crippen LogP contribution in [0.25, 0.3) is 0 Å². The molecule has 20 heavy (non-hydrogen) atoms. The van der Waals surface area contributed by atoms with E-state index in [4.69, 9.17) is 5.26 Å². The van der Waals surface area contributed by atoms with Crippen molar-refractivity contribution in [3.8, 4) is 6.07 Å². The number of nitrogens with one attached hydrogen (secondary N) is 2. The Morgan fingerprint density at radius 3 is 2.10 bits per heavy atom. The lowest BCUT2D eigenvalue weighted by Gasteiger charge is -2.28. The minimum atomic E-state index is -0.891. The van der Waals surface area contributed by atoms with Crippen molar-refractivity contribution in [3.05, 3.63) is 0 Å². The molecule has 0 fully saturated rings. The van der Waals surface area contributed by atoms with Crippen LogP contribution in [0.1, 0.15) is 34.6 Å². The van der Waals surface area contributed by atoms with Gasteiger partial charge in [0.15, 0.2) is 0 Å². The molecule has 6 nitrogen and oxygen atoms in total. The molecule has 0 aliphatic heterocycles. The molecule has 0 bridgehead atoms. The molecule has 1 atom stereocenters. The highest BCUT2D eigenvalue weighted by Crippen LogP contribution is 2.14. The zero-order valence-electron chi connectivity index (χ0n) is 13.3. The largest absolute Gasteiger partial charge is 0.353 e. The molecular weight excluding hydrogens is 256 g/mol. The molecule has 0 unspecified atom stereocenters. The van der Waals surface area contributed by atoms with Crippen LogP contribution in [-0.2, 0) is 9.59 Å². The monoisotopic (exact) mass is 282 g/mol. The quantitative estimate of drug-likeness (QED) is 0.712. The van der Waals surface area contributed by atoms with Crippen molar-refractivity contribution in [2.75, 3.05) is 20.1 Å². The van der Waals surface area contributed by atoms with Gasteiger partial charge in [-0.15, -0.1) is 0 Å². The average molecular weight is 282 g/mol. The highest BCUT2D eigenvalue weighted by atomic mass is 16.2. The topological polar surface area (TPSA) is 85.2 Å². The normalized spacial score (nSPS) is 14.0. The van der Waals surface area contributed by atoms with Crippen LogP contribution in [0.15, 0.2) is 0 Å². The van der Waals surface area contributed by atoms with Crippen molar-refractivity contribution in [1.82, 2.24) is 15.5 Å². The van der Waals surface area contributed by atoms with Gasteiger partial charge in [-0.2, -0.15) is 5.26 Å². The average Bonchev–Trinajstić information content (AvgIpc) is 2.26.